The van der Waals surface area contributed by atoms with Crippen LogP contribution in [0, 0.1) is 5.92 Å². The van der Waals surface area contributed by atoms with Gasteiger partial charge in [-0.25, -0.2) is 4.79 Å². The van der Waals surface area contributed by atoms with Crippen LogP contribution < -0.4 is 0 Å². The smallest absolute Gasteiger partial charge is 0.394 e. The van der Waals surface area contributed by atoms with Crippen molar-refractivity contribution < 1.29 is 19.1 Å². The number of hydrogen-bond acceptors (Lipinski definition) is 5. The van der Waals surface area contributed by atoms with Gasteiger partial charge in [0.05, 0.1) is 6.61 Å². The zero-order valence-electron chi connectivity index (χ0n) is 7.48. The molecule has 1 rings (SSSR count). The van der Waals surface area contributed by atoms with Crippen LogP contribution in [-0.4, -0.2) is 22.7 Å². The number of nitrogens with zero attached hydrogens (tertiary/aromatic N) is 1. The highest BCUT2D eigenvalue weighted by Crippen LogP contribution is 2.08. The molecule has 0 saturated heterocycles. The molecule has 1 aromatic rings. The standard InChI is InChI=1S/C8H11NO4/c1-5(2)3-13-8(11)7-9-6(10)4-12-7/h4-5,10H,3H2,1-2H3. The first-order valence-corrected chi connectivity index (χ1v) is 3.91. The third-order valence-corrected chi connectivity index (χ3v) is 1.21. The van der Waals surface area contributed by atoms with E-state index in [4.69, 9.17) is 9.84 Å². The highest BCUT2D eigenvalue weighted by Gasteiger charge is 2.14. The van der Waals surface area contributed by atoms with E-state index in [1.807, 2.05) is 13.8 Å². The Balaban J connectivity index is 2.49. The van der Waals surface area contributed by atoms with Crippen molar-refractivity contribution in [3.05, 3.63) is 12.2 Å². The number of carbonyl (C=O) groups excluding carboxylic acids is 1. The van der Waals surface area contributed by atoms with Crippen LogP contribution in [-0.2, 0) is 4.74 Å². The highest BCUT2D eigenvalue weighted by atomic mass is 16.5. The summed E-state index contributed by atoms with van der Waals surface area (Å²) in [5.74, 6) is -0.948. The maximum absolute atomic E-state index is 11.1. The SMILES string of the molecule is CC(C)COC(=O)c1nc(O)co1. The average molecular weight is 185 g/mol. The molecule has 0 fully saturated rings. The van der Waals surface area contributed by atoms with Crippen molar-refractivity contribution in [1.29, 1.82) is 0 Å². The molecular formula is C8H11NO4. The highest BCUT2D eigenvalue weighted by molar-refractivity contribution is 5.84. The number of oxazole rings is 1. The minimum absolute atomic E-state index is 0.224. The number of aromatic hydroxyl groups is 1. The van der Waals surface area contributed by atoms with E-state index in [9.17, 15) is 4.79 Å². The fourth-order valence-electron chi connectivity index (χ4n) is 0.663. The molecule has 0 aliphatic carbocycles. The zero-order chi connectivity index (χ0) is 9.84. The van der Waals surface area contributed by atoms with E-state index in [1.54, 1.807) is 0 Å². The molecule has 0 aliphatic heterocycles. The Morgan fingerprint density at radius 1 is 1.77 bits per heavy atom. The van der Waals surface area contributed by atoms with E-state index < -0.39 is 5.97 Å². The molecule has 0 bridgehead atoms. The molecule has 0 unspecified atom stereocenters. The van der Waals surface area contributed by atoms with Crippen molar-refractivity contribution in [3.63, 3.8) is 0 Å². The summed E-state index contributed by atoms with van der Waals surface area (Å²) in [7, 11) is 0. The van der Waals surface area contributed by atoms with Crippen LogP contribution in [0.2, 0.25) is 0 Å². The summed E-state index contributed by atoms with van der Waals surface area (Å²) in [6.45, 7) is 4.14. The summed E-state index contributed by atoms with van der Waals surface area (Å²) in [6, 6.07) is 0. The first-order chi connectivity index (χ1) is 6.09. The van der Waals surface area contributed by atoms with Crippen LogP contribution in [0.3, 0.4) is 0 Å². The second-order valence-electron chi connectivity index (χ2n) is 3.00. The molecule has 0 aliphatic rings. The number of rotatable bonds is 3. The molecular weight excluding hydrogens is 174 g/mol. The second-order valence-corrected chi connectivity index (χ2v) is 3.00. The van der Waals surface area contributed by atoms with Crippen molar-refractivity contribution in [3.8, 4) is 5.88 Å². The lowest BCUT2D eigenvalue weighted by atomic mass is 10.2. The summed E-state index contributed by atoms with van der Waals surface area (Å²) in [4.78, 5) is 14.5. The molecule has 5 nitrogen and oxygen atoms in total. The van der Waals surface area contributed by atoms with Crippen molar-refractivity contribution >= 4 is 5.97 Å². The molecule has 1 heterocycles. The summed E-state index contributed by atoms with van der Waals surface area (Å²) < 4.78 is 9.42. The minimum atomic E-state index is -0.658. The Labute approximate surface area is 75.3 Å². The largest absolute Gasteiger partial charge is 0.491 e. The first-order valence-electron chi connectivity index (χ1n) is 3.91. The maximum atomic E-state index is 11.1. The van der Waals surface area contributed by atoms with E-state index in [0.717, 1.165) is 6.26 Å². The molecule has 1 N–H and O–H groups in total. The number of hydrogen-bond donors (Lipinski definition) is 1. The van der Waals surface area contributed by atoms with Gasteiger partial charge in [0.15, 0.2) is 6.26 Å². The van der Waals surface area contributed by atoms with Gasteiger partial charge < -0.3 is 14.3 Å². The fraction of sp³-hybridized carbons (Fsp3) is 0.500. The molecule has 13 heavy (non-hydrogen) atoms. The topological polar surface area (TPSA) is 72.6 Å². The molecule has 0 aromatic carbocycles. The Morgan fingerprint density at radius 3 is 2.92 bits per heavy atom. The summed E-state index contributed by atoms with van der Waals surface area (Å²) in [6.07, 6.45) is 0.978. The molecule has 1 aromatic heterocycles. The van der Waals surface area contributed by atoms with Crippen molar-refractivity contribution in [1.82, 2.24) is 4.98 Å². The van der Waals surface area contributed by atoms with E-state index in [2.05, 4.69) is 9.40 Å². The third kappa shape index (κ3) is 2.77. The monoisotopic (exact) mass is 185 g/mol. The van der Waals surface area contributed by atoms with Gasteiger partial charge in [-0.3, -0.25) is 0 Å². The van der Waals surface area contributed by atoms with Gasteiger partial charge in [-0.15, -0.1) is 0 Å². The van der Waals surface area contributed by atoms with Crippen LogP contribution in [0.15, 0.2) is 10.7 Å². The summed E-state index contributed by atoms with van der Waals surface area (Å²) >= 11 is 0. The number of aromatic nitrogens is 1. The normalized spacial score (nSPS) is 10.4. The van der Waals surface area contributed by atoms with E-state index in [0.29, 0.717) is 6.61 Å². The predicted octanol–water partition coefficient (Wildman–Crippen LogP) is 1.19. The van der Waals surface area contributed by atoms with Gasteiger partial charge in [-0.05, 0) is 5.92 Å². The lowest BCUT2D eigenvalue weighted by Gasteiger charge is -2.03. The van der Waals surface area contributed by atoms with Crippen LogP contribution in [0.4, 0.5) is 0 Å². The van der Waals surface area contributed by atoms with Crippen LogP contribution in [0.25, 0.3) is 0 Å². The quantitative estimate of drug-likeness (QED) is 0.716. The first kappa shape index (κ1) is 9.57. The Hall–Kier alpha value is -1.52. The van der Waals surface area contributed by atoms with Gasteiger partial charge in [-0.1, -0.05) is 13.8 Å². The number of carbonyl (C=O) groups is 1. The van der Waals surface area contributed by atoms with Crippen molar-refractivity contribution in [2.45, 2.75) is 13.8 Å². The lowest BCUT2D eigenvalue weighted by molar-refractivity contribution is 0.0413. The van der Waals surface area contributed by atoms with E-state index >= 15 is 0 Å². The van der Waals surface area contributed by atoms with Gasteiger partial charge in [0, 0.05) is 0 Å². The maximum Gasteiger partial charge on any atom is 0.394 e. The third-order valence-electron chi connectivity index (χ3n) is 1.21. The minimum Gasteiger partial charge on any atom is -0.491 e. The van der Waals surface area contributed by atoms with Gasteiger partial charge in [0.2, 0.25) is 0 Å². The summed E-state index contributed by atoms with van der Waals surface area (Å²) in [5.41, 5.74) is 0. The molecule has 72 valence electrons. The van der Waals surface area contributed by atoms with Crippen LogP contribution in [0.5, 0.6) is 5.88 Å². The van der Waals surface area contributed by atoms with Crippen LogP contribution >= 0.6 is 0 Å². The molecule has 0 atom stereocenters. The van der Waals surface area contributed by atoms with Gasteiger partial charge in [-0.2, -0.15) is 4.98 Å². The molecule has 5 heteroatoms. The average Bonchev–Trinajstić information content (AvgIpc) is 2.47. The summed E-state index contributed by atoms with van der Waals surface area (Å²) in [5, 5.41) is 8.77. The fourth-order valence-corrected chi connectivity index (χ4v) is 0.663. The number of esters is 1. The second kappa shape index (κ2) is 3.93. The Bertz CT molecular complexity index is 292. The van der Waals surface area contributed by atoms with Gasteiger partial charge in [0.1, 0.15) is 0 Å². The van der Waals surface area contributed by atoms with E-state index in [-0.39, 0.29) is 17.7 Å². The molecule has 0 spiro atoms. The van der Waals surface area contributed by atoms with Gasteiger partial charge in [0.25, 0.3) is 5.88 Å². The molecule has 0 amide bonds. The lowest BCUT2D eigenvalue weighted by Crippen LogP contribution is -2.10. The van der Waals surface area contributed by atoms with Crippen LogP contribution in [0.1, 0.15) is 24.5 Å². The predicted molar refractivity (Wildman–Crippen MR) is 43.3 cm³/mol. The molecule has 0 radical (unpaired) electrons. The van der Waals surface area contributed by atoms with E-state index in [1.165, 1.54) is 0 Å². The van der Waals surface area contributed by atoms with Crippen molar-refractivity contribution in [2.75, 3.05) is 6.61 Å². The Kier molecular flexibility index (Phi) is 2.89. The Morgan fingerprint density at radius 2 is 2.46 bits per heavy atom. The molecule has 0 saturated carbocycles. The number of ether oxygens (including phenoxy) is 1. The zero-order valence-corrected chi connectivity index (χ0v) is 7.48. The van der Waals surface area contributed by atoms with Crippen molar-refractivity contribution in [2.24, 2.45) is 5.92 Å². The van der Waals surface area contributed by atoms with Gasteiger partial charge >= 0.3 is 11.9 Å².